The Kier molecular flexibility index (Phi) is 2.27. The summed E-state index contributed by atoms with van der Waals surface area (Å²) >= 11 is 1.58. The number of nitrogens with one attached hydrogen (secondary N) is 1. The van der Waals surface area contributed by atoms with Crippen molar-refractivity contribution in [3.05, 3.63) is 30.1 Å². The van der Waals surface area contributed by atoms with Crippen molar-refractivity contribution in [3.63, 3.8) is 0 Å². The number of hydrazine groups is 1. The van der Waals surface area contributed by atoms with E-state index >= 15 is 0 Å². The molecule has 1 aromatic rings. The summed E-state index contributed by atoms with van der Waals surface area (Å²) in [6.45, 7) is 0.713. The lowest BCUT2D eigenvalue weighted by molar-refractivity contribution is 0.483. The van der Waals surface area contributed by atoms with Crippen LogP contribution in [-0.4, -0.2) is 16.1 Å². The summed E-state index contributed by atoms with van der Waals surface area (Å²) in [5.74, 6) is 5.58. The van der Waals surface area contributed by atoms with Crippen LogP contribution in [0.2, 0.25) is 0 Å². The Morgan fingerprint density at radius 2 is 2.67 bits per heavy atom. The zero-order valence-electron chi connectivity index (χ0n) is 6.47. The van der Waals surface area contributed by atoms with E-state index in [1.165, 1.54) is 0 Å². The highest BCUT2D eigenvalue weighted by Gasteiger charge is 2.21. The molecule has 5 heteroatoms. The normalized spacial score (nSPS) is 24.6. The summed E-state index contributed by atoms with van der Waals surface area (Å²) in [5, 5.41) is 3.50. The Morgan fingerprint density at radius 1 is 1.75 bits per heavy atom. The van der Waals surface area contributed by atoms with Crippen LogP contribution < -0.4 is 11.2 Å². The Bertz CT molecular complexity index is 253. The fourth-order valence-electron chi connectivity index (χ4n) is 1.09. The summed E-state index contributed by atoms with van der Waals surface area (Å²) in [5.41, 5.74) is 1.16. The van der Waals surface area contributed by atoms with E-state index < -0.39 is 0 Å². The second-order valence-electron chi connectivity index (χ2n) is 2.55. The fourth-order valence-corrected chi connectivity index (χ4v) is 1.92. The second kappa shape index (κ2) is 3.40. The van der Waals surface area contributed by atoms with Crippen molar-refractivity contribution in [2.45, 2.75) is 5.37 Å². The Labute approximate surface area is 75.3 Å². The summed E-state index contributed by atoms with van der Waals surface area (Å²) < 4.78 is 1.68. The van der Waals surface area contributed by atoms with Gasteiger partial charge >= 0.3 is 0 Å². The van der Waals surface area contributed by atoms with Gasteiger partial charge in [0.25, 0.3) is 0 Å². The van der Waals surface area contributed by atoms with Gasteiger partial charge in [-0.2, -0.15) is 4.41 Å². The average molecular weight is 182 g/mol. The smallest absolute Gasteiger partial charge is 0.0975 e. The van der Waals surface area contributed by atoms with E-state index in [1.807, 2.05) is 18.3 Å². The van der Waals surface area contributed by atoms with Gasteiger partial charge in [0.15, 0.2) is 0 Å². The van der Waals surface area contributed by atoms with Gasteiger partial charge < -0.3 is 0 Å². The average Bonchev–Trinajstić information content (AvgIpc) is 2.54. The predicted molar refractivity (Wildman–Crippen MR) is 48.6 cm³/mol. The molecule has 0 radical (unpaired) electrons. The minimum atomic E-state index is 0.253. The molecule has 0 aliphatic carbocycles. The standard InChI is InChI=1S/C7H10N4S/c8-11-5-10-7(12-11)6-2-1-3-9-4-6/h1-4,7,10H,5,8H2. The van der Waals surface area contributed by atoms with Gasteiger partial charge in [0.2, 0.25) is 0 Å². The quantitative estimate of drug-likeness (QED) is 0.488. The highest BCUT2D eigenvalue weighted by Crippen LogP contribution is 2.30. The van der Waals surface area contributed by atoms with Gasteiger partial charge in [-0.15, -0.1) is 0 Å². The zero-order chi connectivity index (χ0) is 8.39. The van der Waals surface area contributed by atoms with Gasteiger partial charge in [-0.1, -0.05) is 6.07 Å². The molecular weight excluding hydrogens is 172 g/mol. The first-order valence-corrected chi connectivity index (χ1v) is 4.52. The van der Waals surface area contributed by atoms with E-state index in [0.717, 1.165) is 5.56 Å². The molecule has 12 heavy (non-hydrogen) atoms. The summed E-state index contributed by atoms with van der Waals surface area (Å²) in [7, 11) is 0. The van der Waals surface area contributed by atoms with E-state index in [9.17, 15) is 0 Å². The van der Waals surface area contributed by atoms with E-state index in [1.54, 1.807) is 22.6 Å². The highest BCUT2D eigenvalue weighted by molar-refractivity contribution is 7.97. The van der Waals surface area contributed by atoms with Crippen LogP contribution >= 0.6 is 11.9 Å². The van der Waals surface area contributed by atoms with Crippen LogP contribution in [0.5, 0.6) is 0 Å². The number of nitrogens with zero attached hydrogens (tertiary/aromatic N) is 2. The van der Waals surface area contributed by atoms with Crippen LogP contribution in [0.25, 0.3) is 0 Å². The van der Waals surface area contributed by atoms with Crippen molar-refractivity contribution >= 4 is 11.9 Å². The molecule has 1 aliphatic heterocycles. The van der Waals surface area contributed by atoms with Gasteiger partial charge in [0.1, 0.15) is 0 Å². The first-order chi connectivity index (χ1) is 5.86. The molecule has 64 valence electrons. The number of hydrogen-bond acceptors (Lipinski definition) is 5. The van der Waals surface area contributed by atoms with Crippen molar-refractivity contribution in [2.24, 2.45) is 5.84 Å². The van der Waals surface area contributed by atoms with Crippen molar-refractivity contribution < 1.29 is 0 Å². The van der Waals surface area contributed by atoms with Gasteiger partial charge in [0, 0.05) is 12.4 Å². The molecule has 3 N–H and O–H groups in total. The molecule has 1 saturated heterocycles. The second-order valence-corrected chi connectivity index (χ2v) is 3.70. The molecule has 0 amide bonds. The maximum Gasteiger partial charge on any atom is 0.0975 e. The zero-order valence-corrected chi connectivity index (χ0v) is 7.29. The van der Waals surface area contributed by atoms with Crippen molar-refractivity contribution in [2.75, 3.05) is 6.67 Å². The van der Waals surface area contributed by atoms with Crippen LogP contribution in [0, 0.1) is 0 Å². The molecular formula is C7H10N4S. The van der Waals surface area contributed by atoms with Gasteiger partial charge in [-0.25, -0.2) is 0 Å². The van der Waals surface area contributed by atoms with Crippen LogP contribution in [0.3, 0.4) is 0 Å². The maximum absolute atomic E-state index is 5.58. The number of pyridine rings is 1. The molecule has 2 heterocycles. The molecule has 1 atom stereocenters. The summed E-state index contributed by atoms with van der Waals surface area (Å²) in [6, 6.07) is 3.97. The minimum absolute atomic E-state index is 0.253. The first-order valence-electron chi connectivity index (χ1n) is 3.68. The molecule has 4 nitrogen and oxygen atoms in total. The number of hydrogen-bond donors (Lipinski definition) is 2. The van der Waals surface area contributed by atoms with Gasteiger partial charge in [-0.05, 0) is 23.6 Å². The summed E-state index contributed by atoms with van der Waals surface area (Å²) in [4.78, 5) is 4.04. The third-order valence-electron chi connectivity index (χ3n) is 1.66. The molecule has 2 rings (SSSR count). The first kappa shape index (κ1) is 8.00. The largest absolute Gasteiger partial charge is 0.286 e. The minimum Gasteiger partial charge on any atom is -0.286 e. The summed E-state index contributed by atoms with van der Waals surface area (Å²) in [6.07, 6.45) is 3.62. The number of aromatic nitrogens is 1. The van der Waals surface area contributed by atoms with E-state index in [2.05, 4.69) is 10.3 Å². The lowest BCUT2D eigenvalue weighted by atomic mass is 10.3. The van der Waals surface area contributed by atoms with E-state index in [-0.39, 0.29) is 5.37 Å². The lowest BCUT2D eigenvalue weighted by Crippen LogP contribution is -2.24. The van der Waals surface area contributed by atoms with Crippen molar-refractivity contribution in [1.82, 2.24) is 14.7 Å². The predicted octanol–water partition coefficient (Wildman–Crippen LogP) is 0.465. The van der Waals surface area contributed by atoms with Crippen LogP contribution in [0.15, 0.2) is 24.5 Å². The fraction of sp³-hybridized carbons (Fsp3) is 0.286. The van der Waals surface area contributed by atoms with Crippen molar-refractivity contribution in [3.8, 4) is 0 Å². The third-order valence-corrected chi connectivity index (χ3v) is 2.71. The van der Waals surface area contributed by atoms with Gasteiger partial charge in [0.05, 0.1) is 12.0 Å². The number of nitrogens with two attached hydrogens (primary N) is 1. The monoisotopic (exact) mass is 182 g/mol. The Morgan fingerprint density at radius 3 is 3.25 bits per heavy atom. The molecule has 0 bridgehead atoms. The number of rotatable bonds is 1. The van der Waals surface area contributed by atoms with Crippen molar-refractivity contribution in [1.29, 1.82) is 0 Å². The molecule has 1 unspecified atom stereocenters. The van der Waals surface area contributed by atoms with Crippen LogP contribution in [-0.2, 0) is 0 Å². The molecule has 0 saturated carbocycles. The molecule has 1 fully saturated rings. The molecule has 0 aromatic carbocycles. The van der Waals surface area contributed by atoms with Crippen LogP contribution in [0.4, 0.5) is 0 Å². The lowest BCUT2D eigenvalue weighted by Gasteiger charge is -2.07. The Balaban J connectivity index is 2.11. The Hall–Kier alpha value is -0.620. The molecule has 0 spiro atoms. The molecule has 1 aliphatic rings. The highest BCUT2D eigenvalue weighted by atomic mass is 32.2. The topological polar surface area (TPSA) is 54.2 Å². The maximum atomic E-state index is 5.58. The van der Waals surface area contributed by atoms with E-state index in [0.29, 0.717) is 6.67 Å². The van der Waals surface area contributed by atoms with Crippen LogP contribution in [0.1, 0.15) is 10.9 Å². The molecule has 1 aromatic heterocycles. The van der Waals surface area contributed by atoms with Gasteiger partial charge in [-0.3, -0.25) is 16.1 Å². The van der Waals surface area contributed by atoms with E-state index in [4.69, 9.17) is 5.84 Å². The third kappa shape index (κ3) is 1.59. The SMILES string of the molecule is NN1CNC(c2cccnc2)S1.